The number of nitrogens with one attached hydrogen (secondary N) is 2. The lowest BCUT2D eigenvalue weighted by Crippen LogP contribution is -2.09. The molecular weight excluding hydrogens is 328 g/mol. The maximum Gasteiger partial charge on any atom is 0.340 e. The van der Waals surface area contributed by atoms with E-state index in [4.69, 9.17) is 4.74 Å². The first-order valence-electron chi connectivity index (χ1n) is 8.36. The Morgan fingerprint density at radius 2 is 1.73 bits per heavy atom. The fourth-order valence-electron chi connectivity index (χ4n) is 2.46. The molecule has 0 aliphatic rings. The first kappa shape index (κ1) is 17.4. The Labute approximate surface area is 152 Å². The number of ether oxygens (including phenoxy) is 1. The molecule has 3 rings (SSSR count). The monoisotopic (exact) mass is 348 g/mol. The Bertz CT molecular complexity index is 897. The molecular formula is C20H20N4O2. The Hall–Kier alpha value is -3.41. The molecule has 1 heterocycles. The van der Waals surface area contributed by atoms with Crippen molar-refractivity contribution in [1.29, 1.82) is 0 Å². The van der Waals surface area contributed by atoms with Crippen molar-refractivity contribution in [2.75, 3.05) is 17.2 Å². The second-order valence-electron chi connectivity index (χ2n) is 5.60. The van der Waals surface area contributed by atoms with E-state index in [1.807, 2.05) is 49.4 Å². The van der Waals surface area contributed by atoms with Gasteiger partial charge in [-0.2, -0.15) is 4.98 Å². The number of hydrogen-bond donors (Lipinski definition) is 2. The van der Waals surface area contributed by atoms with E-state index >= 15 is 0 Å². The van der Waals surface area contributed by atoms with Crippen LogP contribution in [0.4, 0.5) is 23.1 Å². The second kappa shape index (κ2) is 8.11. The molecule has 1 aromatic heterocycles. The highest BCUT2D eigenvalue weighted by molar-refractivity contribution is 5.96. The van der Waals surface area contributed by atoms with E-state index in [9.17, 15) is 4.79 Å². The smallest absolute Gasteiger partial charge is 0.340 e. The molecule has 0 atom stereocenters. The Morgan fingerprint density at radius 1 is 1.00 bits per heavy atom. The molecule has 0 saturated carbocycles. The predicted octanol–water partition coefficient (Wildman–Crippen LogP) is 4.45. The van der Waals surface area contributed by atoms with E-state index in [0.29, 0.717) is 29.6 Å². The molecule has 2 N–H and O–H groups in total. The van der Waals surface area contributed by atoms with Crippen molar-refractivity contribution in [2.24, 2.45) is 0 Å². The molecule has 0 spiro atoms. The maximum absolute atomic E-state index is 12.1. The van der Waals surface area contributed by atoms with Gasteiger partial charge in [0.15, 0.2) is 0 Å². The van der Waals surface area contributed by atoms with Crippen molar-refractivity contribution >= 4 is 29.1 Å². The maximum atomic E-state index is 12.1. The first-order chi connectivity index (χ1) is 12.7. The fourth-order valence-corrected chi connectivity index (χ4v) is 2.46. The molecule has 0 fully saturated rings. The number of esters is 1. The number of para-hydroxylation sites is 2. The van der Waals surface area contributed by atoms with Crippen molar-refractivity contribution in [2.45, 2.75) is 13.8 Å². The van der Waals surface area contributed by atoms with Crippen LogP contribution in [0, 0.1) is 6.92 Å². The molecule has 0 bridgehead atoms. The highest BCUT2D eigenvalue weighted by atomic mass is 16.5. The number of carbonyl (C=O) groups excluding carboxylic acids is 1. The lowest BCUT2D eigenvalue weighted by Gasteiger charge is -2.12. The van der Waals surface area contributed by atoms with Gasteiger partial charge in [-0.05, 0) is 38.1 Å². The van der Waals surface area contributed by atoms with Gasteiger partial charge in [0, 0.05) is 17.4 Å². The van der Waals surface area contributed by atoms with Crippen LogP contribution in [0.15, 0.2) is 60.7 Å². The molecule has 0 aliphatic carbocycles. The molecule has 3 aromatic rings. The van der Waals surface area contributed by atoms with Crippen molar-refractivity contribution in [3.8, 4) is 0 Å². The standard InChI is InChI=1S/C20H20N4O2/c1-3-26-19(25)16-11-7-8-12-17(16)23-20-21-14(2)13-18(24-20)22-15-9-5-4-6-10-15/h4-13H,3H2,1-2H3,(H2,21,22,23,24). The average molecular weight is 348 g/mol. The zero-order valence-corrected chi connectivity index (χ0v) is 14.7. The summed E-state index contributed by atoms with van der Waals surface area (Å²) < 4.78 is 5.10. The summed E-state index contributed by atoms with van der Waals surface area (Å²) in [7, 11) is 0. The summed E-state index contributed by atoms with van der Waals surface area (Å²) >= 11 is 0. The number of carbonyl (C=O) groups is 1. The third kappa shape index (κ3) is 4.36. The van der Waals surface area contributed by atoms with Gasteiger partial charge in [0.25, 0.3) is 0 Å². The van der Waals surface area contributed by atoms with Crippen molar-refractivity contribution in [1.82, 2.24) is 9.97 Å². The molecule has 0 unspecified atom stereocenters. The quantitative estimate of drug-likeness (QED) is 0.641. The highest BCUT2D eigenvalue weighted by Crippen LogP contribution is 2.22. The summed E-state index contributed by atoms with van der Waals surface area (Å²) in [5.74, 6) is 0.686. The molecule has 6 nitrogen and oxygen atoms in total. The topological polar surface area (TPSA) is 76.1 Å². The number of aromatic nitrogens is 2. The van der Waals surface area contributed by atoms with Crippen molar-refractivity contribution in [3.05, 3.63) is 71.9 Å². The normalized spacial score (nSPS) is 10.2. The number of benzene rings is 2. The van der Waals surface area contributed by atoms with E-state index in [2.05, 4.69) is 20.6 Å². The average Bonchev–Trinajstić information content (AvgIpc) is 2.63. The van der Waals surface area contributed by atoms with Crippen LogP contribution >= 0.6 is 0 Å². The van der Waals surface area contributed by atoms with Crippen LogP contribution in [-0.4, -0.2) is 22.5 Å². The van der Waals surface area contributed by atoms with Gasteiger partial charge in [0.2, 0.25) is 5.95 Å². The van der Waals surface area contributed by atoms with E-state index in [1.165, 1.54) is 0 Å². The molecule has 6 heteroatoms. The van der Waals surface area contributed by atoms with E-state index in [1.54, 1.807) is 25.1 Å². The molecule has 0 amide bonds. The summed E-state index contributed by atoms with van der Waals surface area (Å²) in [5.41, 5.74) is 2.78. The van der Waals surface area contributed by atoms with Gasteiger partial charge in [-0.1, -0.05) is 30.3 Å². The number of rotatable bonds is 6. The Balaban J connectivity index is 1.86. The molecule has 0 radical (unpaired) electrons. The number of nitrogens with zero attached hydrogens (tertiary/aromatic N) is 2. The Kier molecular flexibility index (Phi) is 5.43. The number of hydrogen-bond acceptors (Lipinski definition) is 6. The van der Waals surface area contributed by atoms with Crippen molar-refractivity contribution in [3.63, 3.8) is 0 Å². The van der Waals surface area contributed by atoms with Crippen LogP contribution in [0.2, 0.25) is 0 Å². The highest BCUT2D eigenvalue weighted by Gasteiger charge is 2.13. The second-order valence-corrected chi connectivity index (χ2v) is 5.60. The minimum absolute atomic E-state index is 0.319. The van der Waals surface area contributed by atoms with E-state index in [-0.39, 0.29) is 5.97 Å². The van der Waals surface area contributed by atoms with E-state index < -0.39 is 0 Å². The van der Waals surface area contributed by atoms with Crippen LogP contribution in [0.25, 0.3) is 0 Å². The molecule has 2 aromatic carbocycles. The van der Waals surface area contributed by atoms with Gasteiger partial charge < -0.3 is 15.4 Å². The third-order valence-electron chi connectivity index (χ3n) is 3.57. The summed E-state index contributed by atoms with van der Waals surface area (Å²) in [6, 6.07) is 18.8. The summed E-state index contributed by atoms with van der Waals surface area (Å²) in [6.45, 7) is 3.98. The summed E-state index contributed by atoms with van der Waals surface area (Å²) in [6.07, 6.45) is 0. The van der Waals surface area contributed by atoms with Crippen LogP contribution < -0.4 is 10.6 Å². The fraction of sp³-hybridized carbons (Fsp3) is 0.150. The van der Waals surface area contributed by atoms with Crippen molar-refractivity contribution < 1.29 is 9.53 Å². The first-order valence-corrected chi connectivity index (χ1v) is 8.36. The van der Waals surface area contributed by atoms with Gasteiger partial charge >= 0.3 is 5.97 Å². The van der Waals surface area contributed by atoms with Crippen LogP contribution in [-0.2, 0) is 4.74 Å². The zero-order valence-electron chi connectivity index (χ0n) is 14.7. The SMILES string of the molecule is CCOC(=O)c1ccccc1Nc1nc(C)cc(Nc2ccccc2)n1. The lowest BCUT2D eigenvalue weighted by molar-refractivity contribution is 0.0527. The van der Waals surface area contributed by atoms with Gasteiger partial charge in [-0.25, -0.2) is 9.78 Å². The van der Waals surface area contributed by atoms with Crippen LogP contribution in [0.3, 0.4) is 0 Å². The molecule has 26 heavy (non-hydrogen) atoms. The third-order valence-corrected chi connectivity index (χ3v) is 3.57. The summed E-state index contributed by atoms with van der Waals surface area (Å²) in [5, 5.41) is 6.36. The number of aryl methyl sites for hydroxylation is 1. The van der Waals surface area contributed by atoms with Gasteiger partial charge in [-0.3, -0.25) is 0 Å². The Morgan fingerprint density at radius 3 is 2.50 bits per heavy atom. The summed E-state index contributed by atoms with van der Waals surface area (Å²) in [4.78, 5) is 21.0. The lowest BCUT2D eigenvalue weighted by atomic mass is 10.2. The molecule has 0 aliphatic heterocycles. The van der Waals surface area contributed by atoms with Gasteiger partial charge in [-0.15, -0.1) is 0 Å². The minimum atomic E-state index is -0.383. The van der Waals surface area contributed by atoms with Gasteiger partial charge in [0.05, 0.1) is 17.9 Å². The predicted molar refractivity (Wildman–Crippen MR) is 102 cm³/mol. The molecule has 0 saturated heterocycles. The van der Waals surface area contributed by atoms with Gasteiger partial charge in [0.1, 0.15) is 5.82 Å². The van der Waals surface area contributed by atoms with Crippen LogP contribution in [0.1, 0.15) is 23.0 Å². The van der Waals surface area contributed by atoms with E-state index in [0.717, 1.165) is 11.4 Å². The molecule has 132 valence electrons. The number of anilines is 4. The van der Waals surface area contributed by atoms with Crippen LogP contribution in [0.5, 0.6) is 0 Å². The minimum Gasteiger partial charge on any atom is -0.462 e. The zero-order chi connectivity index (χ0) is 18.4. The largest absolute Gasteiger partial charge is 0.462 e.